The van der Waals surface area contributed by atoms with Gasteiger partial charge in [-0.1, -0.05) is 29.8 Å². The first-order valence-electron chi connectivity index (χ1n) is 6.49. The van der Waals surface area contributed by atoms with Crippen LogP contribution < -0.4 is 11.1 Å². The maximum absolute atomic E-state index is 12.3. The van der Waals surface area contributed by atoms with Gasteiger partial charge in [-0.2, -0.15) is 0 Å². The summed E-state index contributed by atoms with van der Waals surface area (Å²) in [6.45, 7) is 0. The number of amides is 2. The molecule has 0 aliphatic rings. The number of para-hydroxylation sites is 1. The molecule has 0 spiro atoms. The lowest BCUT2D eigenvalue weighted by atomic mass is 10.0. The zero-order valence-corrected chi connectivity index (χ0v) is 12.1. The zero-order chi connectivity index (χ0) is 15.2. The van der Waals surface area contributed by atoms with Gasteiger partial charge < -0.3 is 11.1 Å². The van der Waals surface area contributed by atoms with Gasteiger partial charge in [0.05, 0.1) is 0 Å². The molecule has 0 aliphatic carbocycles. The van der Waals surface area contributed by atoms with Gasteiger partial charge in [0.15, 0.2) is 0 Å². The van der Waals surface area contributed by atoms with Crippen LogP contribution in [0.4, 0.5) is 5.69 Å². The lowest BCUT2D eigenvalue weighted by molar-refractivity contribution is -0.117. The minimum atomic E-state index is -0.413. The first-order chi connectivity index (χ1) is 10.1. The van der Waals surface area contributed by atoms with Crippen LogP contribution in [0.25, 0.3) is 0 Å². The van der Waals surface area contributed by atoms with E-state index in [1.807, 2.05) is 18.2 Å². The summed E-state index contributed by atoms with van der Waals surface area (Å²) in [5.41, 5.74) is 7.06. The highest BCUT2D eigenvalue weighted by atomic mass is 35.5. The van der Waals surface area contributed by atoms with Crippen LogP contribution in [0.3, 0.4) is 0 Å². The van der Waals surface area contributed by atoms with Gasteiger partial charge in [0, 0.05) is 22.7 Å². The highest BCUT2D eigenvalue weighted by Gasteiger charge is 2.13. The van der Waals surface area contributed by atoms with E-state index in [0.717, 1.165) is 0 Å². The summed E-state index contributed by atoms with van der Waals surface area (Å²) < 4.78 is 0. The van der Waals surface area contributed by atoms with Crippen molar-refractivity contribution in [3.8, 4) is 0 Å². The Bertz CT molecular complexity index is 657. The number of carbonyl (C=O) groups is 2. The average Bonchev–Trinajstić information content (AvgIpc) is 2.46. The Kier molecular flexibility index (Phi) is 4.95. The predicted octanol–water partition coefficient (Wildman–Crippen LogP) is 3.01. The number of anilines is 1. The molecule has 0 aromatic heterocycles. The van der Waals surface area contributed by atoms with Gasteiger partial charge in [0.2, 0.25) is 5.91 Å². The van der Waals surface area contributed by atoms with Crippen LogP contribution in [0.5, 0.6) is 0 Å². The Hall–Kier alpha value is -2.33. The van der Waals surface area contributed by atoms with Crippen molar-refractivity contribution < 1.29 is 9.59 Å². The topological polar surface area (TPSA) is 72.2 Å². The van der Waals surface area contributed by atoms with E-state index in [1.165, 1.54) is 0 Å². The molecule has 21 heavy (non-hydrogen) atoms. The first-order valence-corrected chi connectivity index (χ1v) is 6.87. The van der Waals surface area contributed by atoms with Crippen molar-refractivity contribution in [3.05, 3.63) is 64.7 Å². The third-order valence-corrected chi connectivity index (χ3v) is 3.22. The third-order valence-electron chi connectivity index (χ3n) is 2.98. The van der Waals surface area contributed by atoms with Crippen molar-refractivity contribution in [1.82, 2.24) is 0 Å². The second-order valence-corrected chi connectivity index (χ2v) is 5.02. The molecule has 5 heteroatoms. The number of aryl methyl sites for hydroxylation is 1. The Labute approximate surface area is 127 Å². The molecule has 0 radical (unpaired) electrons. The molecule has 0 saturated heterocycles. The van der Waals surface area contributed by atoms with Gasteiger partial charge >= 0.3 is 0 Å². The standard InChI is InChI=1S/C16H15ClN2O2/c17-12-7-8-14(11(10-12)6-9-15(18)20)16(21)19-13-4-2-1-3-5-13/h1-5,7-8,10H,6,9H2,(H2,18,20)(H,19,21). The van der Waals surface area contributed by atoms with E-state index in [0.29, 0.717) is 28.3 Å². The Morgan fingerprint density at radius 1 is 1.10 bits per heavy atom. The summed E-state index contributed by atoms with van der Waals surface area (Å²) >= 11 is 5.95. The lowest BCUT2D eigenvalue weighted by Gasteiger charge is -2.10. The van der Waals surface area contributed by atoms with Gasteiger partial charge in [0.1, 0.15) is 0 Å². The van der Waals surface area contributed by atoms with E-state index in [4.69, 9.17) is 17.3 Å². The van der Waals surface area contributed by atoms with Crippen LogP contribution in [0.2, 0.25) is 5.02 Å². The largest absolute Gasteiger partial charge is 0.370 e. The summed E-state index contributed by atoms with van der Waals surface area (Å²) in [6, 6.07) is 14.1. The van der Waals surface area contributed by atoms with Crippen LogP contribution in [-0.2, 0) is 11.2 Å². The van der Waals surface area contributed by atoms with Gasteiger partial charge in [-0.25, -0.2) is 0 Å². The monoisotopic (exact) mass is 302 g/mol. The number of benzene rings is 2. The van der Waals surface area contributed by atoms with Gasteiger partial charge in [-0.15, -0.1) is 0 Å². The Morgan fingerprint density at radius 3 is 2.48 bits per heavy atom. The normalized spacial score (nSPS) is 10.1. The highest BCUT2D eigenvalue weighted by Crippen LogP contribution is 2.19. The highest BCUT2D eigenvalue weighted by molar-refractivity contribution is 6.30. The molecule has 0 fully saturated rings. The van der Waals surface area contributed by atoms with Gasteiger partial charge in [-0.3, -0.25) is 9.59 Å². The summed E-state index contributed by atoms with van der Waals surface area (Å²) in [5, 5.41) is 3.33. The molecule has 2 aromatic rings. The Balaban J connectivity index is 2.21. The smallest absolute Gasteiger partial charge is 0.255 e. The van der Waals surface area contributed by atoms with Crippen molar-refractivity contribution in [2.24, 2.45) is 5.73 Å². The van der Waals surface area contributed by atoms with Gasteiger partial charge in [0.25, 0.3) is 5.91 Å². The number of halogens is 1. The van der Waals surface area contributed by atoms with E-state index in [9.17, 15) is 9.59 Å². The summed E-state index contributed by atoms with van der Waals surface area (Å²) in [5.74, 6) is -0.651. The van der Waals surface area contributed by atoms with Crippen LogP contribution in [-0.4, -0.2) is 11.8 Å². The molecule has 0 heterocycles. The molecule has 0 saturated carbocycles. The number of hydrogen-bond donors (Lipinski definition) is 2. The fraction of sp³-hybridized carbons (Fsp3) is 0.125. The number of rotatable bonds is 5. The second kappa shape index (κ2) is 6.90. The van der Waals surface area contributed by atoms with Crippen LogP contribution in [0.1, 0.15) is 22.3 Å². The quantitative estimate of drug-likeness (QED) is 0.891. The number of nitrogens with one attached hydrogen (secondary N) is 1. The van der Waals surface area contributed by atoms with E-state index < -0.39 is 5.91 Å². The minimum absolute atomic E-state index is 0.173. The zero-order valence-electron chi connectivity index (χ0n) is 11.3. The maximum atomic E-state index is 12.3. The molecule has 4 nitrogen and oxygen atoms in total. The van der Waals surface area contributed by atoms with Crippen molar-refractivity contribution >= 4 is 29.1 Å². The van der Waals surface area contributed by atoms with Crippen LogP contribution >= 0.6 is 11.6 Å². The lowest BCUT2D eigenvalue weighted by Crippen LogP contribution is -2.16. The van der Waals surface area contributed by atoms with Crippen LogP contribution in [0.15, 0.2) is 48.5 Å². The SMILES string of the molecule is NC(=O)CCc1cc(Cl)ccc1C(=O)Nc1ccccc1. The Morgan fingerprint density at radius 2 is 1.81 bits per heavy atom. The number of carbonyl (C=O) groups excluding carboxylic acids is 2. The minimum Gasteiger partial charge on any atom is -0.370 e. The molecule has 0 aliphatic heterocycles. The molecule has 2 aromatic carbocycles. The number of primary amides is 1. The predicted molar refractivity (Wildman–Crippen MR) is 83.4 cm³/mol. The number of nitrogens with two attached hydrogens (primary N) is 1. The van der Waals surface area contributed by atoms with Crippen molar-refractivity contribution in [1.29, 1.82) is 0 Å². The molecule has 0 atom stereocenters. The summed E-state index contributed by atoms with van der Waals surface area (Å²) in [7, 11) is 0. The van der Waals surface area contributed by atoms with E-state index in [-0.39, 0.29) is 12.3 Å². The first kappa shape index (κ1) is 15.1. The summed E-state index contributed by atoms with van der Waals surface area (Å²) in [6.07, 6.45) is 0.555. The summed E-state index contributed by atoms with van der Waals surface area (Å²) in [4.78, 5) is 23.2. The molecule has 0 unspecified atom stereocenters. The molecule has 0 bridgehead atoms. The molecule has 3 N–H and O–H groups in total. The molecule has 2 rings (SSSR count). The van der Waals surface area contributed by atoms with E-state index >= 15 is 0 Å². The second-order valence-electron chi connectivity index (χ2n) is 4.59. The molecule has 108 valence electrons. The van der Waals surface area contributed by atoms with Crippen LogP contribution in [0, 0.1) is 0 Å². The fourth-order valence-electron chi connectivity index (χ4n) is 1.97. The van der Waals surface area contributed by atoms with E-state index in [2.05, 4.69) is 5.32 Å². The van der Waals surface area contributed by atoms with E-state index in [1.54, 1.807) is 30.3 Å². The van der Waals surface area contributed by atoms with Crippen molar-refractivity contribution in [2.45, 2.75) is 12.8 Å². The number of hydrogen-bond acceptors (Lipinski definition) is 2. The fourth-order valence-corrected chi connectivity index (χ4v) is 2.16. The van der Waals surface area contributed by atoms with Gasteiger partial charge in [-0.05, 0) is 42.3 Å². The molecule has 2 amide bonds. The molecular weight excluding hydrogens is 288 g/mol. The van der Waals surface area contributed by atoms with Crippen molar-refractivity contribution in [2.75, 3.05) is 5.32 Å². The molecular formula is C16H15ClN2O2. The third kappa shape index (κ3) is 4.33. The maximum Gasteiger partial charge on any atom is 0.255 e. The van der Waals surface area contributed by atoms with Crippen molar-refractivity contribution in [3.63, 3.8) is 0 Å². The average molecular weight is 303 g/mol.